The van der Waals surface area contributed by atoms with Crippen LogP contribution in [0.15, 0.2) is 30.3 Å². The van der Waals surface area contributed by atoms with Crippen LogP contribution in [0.3, 0.4) is 0 Å². The highest BCUT2D eigenvalue weighted by Gasteiger charge is 2.45. The number of hydrogen-bond acceptors (Lipinski definition) is 2. The van der Waals surface area contributed by atoms with Crippen LogP contribution in [-0.4, -0.2) is 47.9 Å². The first-order chi connectivity index (χ1) is 10.1. The highest BCUT2D eigenvalue weighted by Crippen LogP contribution is 2.37. The van der Waals surface area contributed by atoms with Gasteiger partial charge in [-0.05, 0) is 18.4 Å². The maximum absolute atomic E-state index is 14.0. The fourth-order valence-corrected chi connectivity index (χ4v) is 3.60. The Morgan fingerprint density at radius 1 is 1.00 bits per heavy atom. The van der Waals surface area contributed by atoms with Crippen LogP contribution < -0.4 is 0 Å². The second kappa shape index (κ2) is 6.41. The third kappa shape index (κ3) is 3.61. The van der Waals surface area contributed by atoms with Crippen molar-refractivity contribution in [2.45, 2.75) is 44.2 Å². The number of hydrogen-bond donors (Lipinski definition) is 0. The second-order valence-corrected chi connectivity index (χ2v) is 6.32. The van der Waals surface area contributed by atoms with E-state index >= 15 is 0 Å². The topological polar surface area (TPSA) is 6.48 Å². The summed E-state index contributed by atoms with van der Waals surface area (Å²) in [7, 11) is 0. The number of rotatable bonds is 3. The zero-order valence-electron chi connectivity index (χ0n) is 12.5. The molecule has 0 spiro atoms. The molecule has 2 nitrogen and oxygen atoms in total. The molecule has 4 heteroatoms. The zero-order chi connectivity index (χ0) is 14.7. The second-order valence-electron chi connectivity index (χ2n) is 6.32. The maximum atomic E-state index is 14.0. The largest absolute Gasteiger partial charge is 0.297 e. The zero-order valence-corrected chi connectivity index (χ0v) is 12.5. The minimum Gasteiger partial charge on any atom is -0.297 e. The standard InChI is InChI=1S/C17H24F2N2/c18-17(19)9-5-4-8-16(17)21-12-10-20(11-13-21)14-15-6-2-1-3-7-15/h1-3,6-7,16H,4-5,8-14H2. The quantitative estimate of drug-likeness (QED) is 0.843. The van der Waals surface area contributed by atoms with E-state index in [1.165, 1.54) is 5.56 Å². The summed E-state index contributed by atoms with van der Waals surface area (Å²) in [5.41, 5.74) is 1.30. The Morgan fingerprint density at radius 2 is 1.71 bits per heavy atom. The van der Waals surface area contributed by atoms with Crippen molar-refractivity contribution in [2.24, 2.45) is 0 Å². The van der Waals surface area contributed by atoms with Gasteiger partial charge in [-0.2, -0.15) is 0 Å². The minimum atomic E-state index is -2.49. The molecule has 1 aromatic carbocycles. The van der Waals surface area contributed by atoms with E-state index in [9.17, 15) is 8.78 Å². The lowest BCUT2D eigenvalue weighted by molar-refractivity contribution is -0.114. The van der Waals surface area contributed by atoms with Gasteiger partial charge >= 0.3 is 0 Å². The molecular formula is C17H24F2N2. The Labute approximate surface area is 125 Å². The fraction of sp³-hybridized carbons (Fsp3) is 0.647. The molecule has 1 aliphatic heterocycles. The number of nitrogens with zero attached hydrogens (tertiary/aromatic N) is 2. The Hall–Kier alpha value is -1.00. The van der Waals surface area contributed by atoms with Gasteiger partial charge in [0.05, 0.1) is 6.04 Å². The summed E-state index contributed by atoms with van der Waals surface area (Å²) in [6.45, 7) is 4.25. The molecule has 1 heterocycles. The first kappa shape index (κ1) is 14.9. The summed E-state index contributed by atoms with van der Waals surface area (Å²) < 4.78 is 28.1. The van der Waals surface area contributed by atoms with Gasteiger partial charge < -0.3 is 0 Å². The minimum absolute atomic E-state index is 0.0713. The van der Waals surface area contributed by atoms with Gasteiger partial charge in [-0.1, -0.05) is 36.8 Å². The van der Waals surface area contributed by atoms with Crippen molar-refractivity contribution in [1.29, 1.82) is 0 Å². The molecule has 21 heavy (non-hydrogen) atoms. The molecule has 1 atom stereocenters. The Bertz CT molecular complexity index is 441. The fourth-order valence-electron chi connectivity index (χ4n) is 3.60. The van der Waals surface area contributed by atoms with Gasteiger partial charge in [0.1, 0.15) is 0 Å². The predicted molar refractivity (Wildman–Crippen MR) is 80.5 cm³/mol. The highest BCUT2D eigenvalue weighted by atomic mass is 19.3. The maximum Gasteiger partial charge on any atom is 0.263 e. The molecule has 1 unspecified atom stereocenters. The van der Waals surface area contributed by atoms with Gasteiger partial charge in [0, 0.05) is 39.1 Å². The summed E-state index contributed by atoms with van der Waals surface area (Å²) in [6, 6.07) is 9.85. The Kier molecular flexibility index (Phi) is 4.55. The molecule has 0 radical (unpaired) electrons. The molecule has 116 valence electrons. The van der Waals surface area contributed by atoms with Gasteiger partial charge in [0.25, 0.3) is 5.92 Å². The van der Waals surface area contributed by atoms with E-state index in [4.69, 9.17) is 0 Å². The number of benzene rings is 1. The molecule has 1 aliphatic carbocycles. The average molecular weight is 294 g/mol. The summed E-state index contributed by atoms with van der Waals surface area (Å²) in [5, 5.41) is 0. The van der Waals surface area contributed by atoms with Crippen LogP contribution in [0.2, 0.25) is 0 Å². The molecule has 3 rings (SSSR count). The lowest BCUT2D eigenvalue weighted by Crippen LogP contribution is -2.56. The first-order valence-corrected chi connectivity index (χ1v) is 8.03. The Balaban J connectivity index is 1.53. The molecule has 0 N–H and O–H groups in total. The van der Waals surface area contributed by atoms with Crippen LogP contribution >= 0.6 is 0 Å². The SMILES string of the molecule is FC1(F)CCCCC1N1CCN(Cc2ccccc2)CC1. The lowest BCUT2D eigenvalue weighted by Gasteiger charge is -2.43. The van der Waals surface area contributed by atoms with Crippen LogP contribution in [0.5, 0.6) is 0 Å². The molecule has 0 amide bonds. The third-order valence-electron chi connectivity index (χ3n) is 4.82. The summed E-state index contributed by atoms with van der Waals surface area (Å²) in [5.74, 6) is -2.49. The molecule has 0 aromatic heterocycles. The van der Waals surface area contributed by atoms with Gasteiger partial charge in [0.15, 0.2) is 0 Å². The van der Waals surface area contributed by atoms with Crippen molar-refractivity contribution in [2.75, 3.05) is 26.2 Å². The van der Waals surface area contributed by atoms with Crippen LogP contribution in [-0.2, 0) is 6.54 Å². The van der Waals surface area contributed by atoms with E-state index in [1.807, 2.05) is 23.1 Å². The van der Waals surface area contributed by atoms with Crippen LogP contribution in [0.4, 0.5) is 8.78 Å². The van der Waals surface area contributed by atoms with Gasteiger partial charge in [-0.3, -0.25) is 9.80 Å². The van der Waals surface area contributed by atoms with Gasteiger partial charge in [0.2, 0.25) is 0 Å². The highest BCUT2D eigenvalue weighted by molar-refractivity contribution is 5.14. The number of halogens is 2. The molecule has 0 bridgehead atoms. The Morgan fingerprint density at radius 3 is 2.38 bits per heavy atom. The molecule has 2 fully saturated rings. The van der Waals surface area contributed by atoms with Crippen molar-refractivity contribution in [3.63, 3.8) is 0 Å². The molecule has 1 saturated carbocycles. The molecular weight excluding hydrogens is 270 g/mol. The number of alkyl halides is 2. The summed E-state index contributed by atoms with van der Waals surface area (Å²) >= 11 is 0. The summed E-state index contributed by atoms with van der Waals surface area (Å²) in [6.07, 6.45) is 2.36. The third-order valence-corrected chi connectivity index (χ3v) is 4.82. The average Bonchev–Trinajstić information content (AvgIpc) is 2.49. The van der Waals surface area contributed by atoms with E-state index in [0.717, 1.165) is 39.1 Å². The van der Waals surface area contributed by atoms with Crippen LogP contribution in [0.25, 0.3) is 0 Å². The van der Waals surface area contributed by atoms with Crippen molar-refractivity contribution in [3.8, 4) is 0 Å². The van der Waals surface area contributed by atoms with E-state index in [-0.39, 0.29) is 6.42 Å². The normalized spacial score (nSPS) is 27.6. The molecule has 1 saturated heterocycles. The van der Waals surface area contributed by atoms with Crippen molar-refractivity contribution in [1.82, 2.24) is 9.80 Å². The first-order valence-electron chi connectivity index (χ1n) is 8.03. The lowest BCUT2D eigenvalue weighted by atomic mass is 9.90. The van der Waals surface area contributed by atoms with Crippen molar-refractivity contribution < 1.29 is 8.78 Å². The van der Waals surface area contributed by atoms with Gasteiger partial charge in [-0.25, -0.2) is 8.78 Å². The monoisotopic (exact) mass is 294 g/mol. The van der Waals surface area contributed by atoms with Gasteiger partial charge in [-0.15, -0.1) is 0 Å². The number of piperazine rings is 1. The van der Waals surface area contributed by atoms with E-state index in [1.54, 1.807) is 0 Å². The van der Waals surface area contributed by atoms with Crippen LogP contribution in [0.1, 0.15) is 31.2 Å². The predicted octanol–water partition coefficient (Wildman–Crippen LogP) is 3.38. The van der Waals surface area contributed by atoms with Crippen LogP contribution in [0, 0.1) is 0 Å². The van der Waals surface area contributed by atoms with E-state index in [0.29, 0.717) is 12.8 Å². The van der Waals surface area contributed by atoms with Crippen molar-refractivity contribution in [3.05, 3.63) is 35.9 Å². The summed E-state index contributed by atoms with van der Waals surface area (Å²) in [4.78, 5) is 4.40. The van der Waals surface area contributed by atoms with E-state index < -0.39 is 12.0 Å². The molecule has 1 aromatic rings. The van der Waals surface area contributed by atoms with E-state index in [2.05, 4.69) is 17.0 Å². The smallest absolute Gasteiger partial charge is 0.263 e. The molecule has 2 aliphatic rings. The van der Waals surface area contributed by atoms with Crippen molar-refractivity contribution >= 4 is 0 Å².